The van der Waals surface area contributed by atoms with Gasteiger partial charge in [0.15, 0.2) is 22.9 Å². The first-order valence-corrected chi connectivity index (χ1v) is 14.3. The maximum Gasteiger partial charge on any atom is 0.697 e. The van der Waals surface area contributed by atoms with Crippen LogP contribution in [-0.4, -0.2) is 75.5 Å². The van der Waals surface area contributed by atoms with Crippen LogP contribution in [0.3, 0.4) is 0 Å². The second-order valence-corrected chi connectivity index (χ2v) is 10.7. The molecule has 0 saturated carbocycles. The van der Waals surface area contributed by atoms with Gasteiger partial charge in [0, 0.05) is 15.6 Å². The third-order valence-corrected chi connectivity index (χ3v) is 7.77. The smallest absolute Gasteiger partial charge is 0.382 e. The van der Waals surface area contributed by atoms with Gasteiger partial charge in [-0.15, -0.1) is 18.5 Å². The van der Waals surface area contributed by atoms with Crippen molar-refractivity contribution < 1.29 is 37.1 Å². The highest BCUT2D eigenvalue weighted by Gasteiger charge is 2.45. The normalized spacial score (nSPS) is 25.7. The van der Waals surface area contributed by atoms with Crippen molar-refractivity contribution in [2.24, 2.45) is 0 Å². The molecule has 0 spiro atoms. The van der Waals surface area contributed by atoms with Crippen molar-refractivity contribution in [3.63, 3.8) is 0 Å². The topological polar surface area (TPSA) is 240 Å². The summed E-state index contributed by atoms with van der Waals surface area (Å²) in [5.74, 6) is 0.486. The molecule has 5 N–H and O–H groups in total. The van der Waals surface area contributed by atoms with Crippen molar-refractivity contribution in [2.75, 3.05) is 24.7 Å². The van der Waals surface area contributed by atoms with Crippen molar-refractivity contribution in [1.29, 1.82) is 0 Å². The van der Waals surface area contributed by atoms with Crippen LogP contribution in [-0.2, 0) is 32.2 Å². The van der Waals surface area contributed by atoms with E-state index in [0.717, 1.165) is 0 Å². The molecule has 0 bridgehead atoms. The highest BCUT2D eigenvalue weighted by Crippen LogP contribution is 2.40. The number of ether oxygens (including phenoxy) is 2. The maximum atomic E-state index is 12.8. The number of hydrogen-bond donors (Lipinski definition) is 3. The van der Waals surface area contributed by atoms with Crippen molar-refractivity contribution in [3.8, 4) is 0 Å². The average Bonchev–Trinajstić information content (AvgIpc) is 3.72. The molecule has 2 aliphatic rings. The lowest BCUT2D eigenvalue weighted by Crippen LogP contribution is -2.27. The third-order valence-electron chi connectivity index (χ3n) is 6.60. The van der Waals surface area contributed by atoms with Gasteiger partial charge >= 0.3 is 16.5 Å². The molecule has 210 valence electrons. The van der Waals surface area contributed by atoms with Crippen LogP contribution in [0.25, 0.3) is 22.3 Å². The average molecular weight is 594 g/mol. The molecule has 6 heterocycles. The zero-order valence-electron chi connectivity index (χ0n) is 20.7. The number of aromatic nitrogens is 8. The number of hydrogen-bond acceptors (Lipinski definition) is 15. The van der Waals surface area contributed by atoms with E-state index in [1.165, 1.54) is 19.0 Å². The summed E-state index contributed by atoms with van der Waals surface area (Å²) in [5.41, 5.74) is 13.6. The zero-order valence-corrected chi connectivity index (χ0v) is 22.5. The SMILES string of the molecule is Nc1ncnc2c1ncn2[C@H]1C[C@H](O[P+](=O)OC[C@@H]2CC[C@H](n3cnc4c(N)ncnc43)O2)C(CO[P+](=O)O)O1. The van der Waals surface area contributed by atoms with E-state index in [1.54, 1.807) is 15.5 Å². The quantitative estimate of drug-likeness (QED) is 0.220. The number of imidazole rings is 2. The predicted molar refractivity (Wildman–Crippen MR) is 135 cm³/mol. The van der Waals surface area contributed by atoms with Gasteiger partial charge in [-0.1, -0.05) is 0 Å². The molecule has 0 amide bonds. The minimum absolute atomic E-state index is 0.0124. The van der Waals surface area contributed by atoms with Crippen LogP contribution in [0.15, 0.2) is 25.3 Å². The highest BCUT2D eigenvalue weighted by atomic mass is 31.1. The first-order chi connectivity index (χ1) is 19.4. The fourth-order valence-corrected chi connectivity index (χ4v) is 5.80. The Hall–Kier alpha value is -3.34. The fourth-order valence-electron chi connectivity index (χ4n) is 4.73. The van der Waals surface area contributed by atoms with Crippen molar-refractivity contribution in [1.82, 2.24) is 39.0 Å². The minimum atomic E-state index is -2.88. The second kappa shape index (κ2) is 11.3. The van der Waals surface area contributed by atoms with Crippen LogP contribution in [0, 0.1) is 0 Å². The fraction of sp³-hybridized carbons (Fsp3) is 0.500. The van der Waals surface area contributed by atoms with Crippen molar-refractivity contribution >= 4 is 50.5 Å². The minimum Gasteiger partial charge on any atom is -0.382 e. The van der Waals surface area contributed by atoms with Gasteiger partial charge in [-0.2, -0.15) is 0 Å². The molecule has 2 fully saturated rings. The van der Waals surface area contributed by atoms with E-state index in [-0.39, 0.29) is 43.6 Å². The maximum absolute atomic E-state index is 12.8. The second-order valence-electron chi connectivity index (χ2n) is 9.02. The number of nitrogens with zero attached hydrogens (tertiary/aromatic N) is 8. The monoisotopic (exact) mass is 594 g/mol. The molecule has 0 aliphatic carbocycles. The summed E-state index contributed by atoms with van der Waals surface area (Å²) < 4.78 is 55.3. The number of nitrogens with two attached hydrogens (primary N) is 2. The van der Waals surface area contributed by atoms with E-state index in [1.807, 2.05) is 0 Å². The molecule has 40 heavy (non-hydrogen) atoms. The summed E-state index contributed by atoms with van der Waals surface area (Å²) >= 11 is 0. The predicted octanol–water partition coefficient (Wildman–Crippen LogP) is 1.52. The summed E-state index contributed by atoms with van der Waals surface area (Å²) in [4.78, 5) is 33.9. The van der Waals surface area contributed by atoms with E-state index >= 15 is 0 Å². The molecule has 6 rings (SSSR count). The lowest BCUT2D eigenvalue weighted by atomic mass is 10.2. The molecule has 4 aromatic rings. The number of anilines is 2. The van der Waals surface area contributed by atoms with Gasteiger partial charge in [0.1, 0.15) is 61.6 Å². The summed E-state index contributed by atoms with van der Waals surface area (Å²) in [5, 5.41) is 0. The summed E-state index contributed by atoms with van der Waals surface area (Å²) in [7, 11) is -5.47. The van der Waals surface area contributed by atoms with Gasteiger partial charge in [0.05, 0.1) is 18.8 Å². The molecule has 2 aliphatic heterocycles. The summed E-state index contributed by atoms with van der Waals surface area (Å²) in [6, 6.07) is 0. The molecule has 2 saturated heterocycles. The van der Waals surface area contributed by atoms with Crippen LogP contribution in [0.4, 0.5) is 11.6 Å². The molecule has 7 atom stereocenters. The Balaban J connectivity index is 1.07. The van der Waals surface area contributed by atoms with Crippen LogP contribution < -0.4 is 11.5 Å². The Morgan fingerprint density at radius 1 is 0.875 bits per heavy atom. The first-order valence-electron chi connectivity index (χ1n) is 12.1. The molecule has 0 aromatic carbocycles. The van der Waals surface area contributed by atoms with Crippen molar-refractivity contribution in [3.05, 3.63) is 25.3 Å². The largest absolute Gasteiger partial charge is 0.697 e. The third kappa shape index (κ3) is 5.35. The summed E-state index contributed by atoms with van der Waals surface area (Å²) in [6.07, 6.45) is 4.28. The molecular weight excluding hydrogens is 570 g/mol. The molecule has 0 radical (unpaired) electrons. The van der Waals surface area contributed by atoms with Crippen LogP contribution in [0.1, 0.15) is 31.7 Å². The molecule has 4 aromatic heterocycles. The number of rotatable bonds is 10. The van der Waals surface area contributed by atoms with Gasteiger partial charge in [0.2, 0.25) is 0 Å². The summed E-state index contributed by atoms with van der Waals surface area (Å²) in [6.45, 7) is -0.265. The van der Waals surface area contributed by atoms with Crippen molar-refractivity contribution in [2.45, 2.75) is 50.0 Å². The Bertz CT molecular complexity index is 1570. The lowest BCUT2D eigenvalue weighted by Gasteiger charge is -2.14. The zero-order chi connectivity index (χ0) is 27.8. The molecule has 20 heteroatoms. The van der Waals surface area contributed by atoms with Gasteiger partial charge in [0.25, 0.3) is 0 Å². The van der Waals surface area contributed by atoms with E-state index in [0.29, 0.717) is 35.2 Å². The Morgan fingerprint density at radius 3 is 2.17 bits per heavy atom. The molecular formula is C20H24N10O8P2+2. The van der Waals surface area contributed by atoms with Gasteiger partial charge < -0.3 is 20.9 Å². The molecule has 18 nitrogen and oxygen atoms in total. The van der Waals surface area contributed by atoms with E-state index in [4.69, 9.17) is 39.4 Å². The van der Waals surface area contributed by atoms with Gasteiger partial charge in [-0.05, 0) is 12.8 Å². The standard InChI is InChI=1S/C20H23N10O8P2/c21-17-15-19(25-6-23-17)29(8-27-15)13-2-1-10(36-13)4-35-40(33)38-11-3-14(37-12(11)5-34-39(31)32)30-9-28-16-18(22)24-7-26-20(16)30/h6-14H,1-5H2,(H4-,21,22,23,24,25,26,31,32)/q+1/p+1/t10-,11-,12?,13+,14+/m0/s1. The Morgan fingerprint density at radius 2 is 1.52 bits per heavy atom. The highest BCUT2D eigenvalue weighted by molar-refractivity contribution is 7.33. The lowest BCUT2D eigenvalue weighted by molar-refractivity contribution is -0.0381. The Labute approximate surface area is 226 Å². The van der Waals surface area contributed by atoms with E-state index in [9.17, 15) is 9.13 Å². The number of fused-ring (bicyclic) bond motifs is 2. The first kappa shape index (κ1) is 26.9. The van der Waals surface area contributed by atoms with Gasteiger partial charge in [-0.3, -0.25) is 9.13 Å². The van der Waals surface area contributed by atoms with Crippen LogP contribution in [0.2, 0.25) is 0 Å². The van der Waals surface area contributed by atoms with E-state index in [2.05, 4.69) is 29.9 Å². The molecule has 3 unspecified atom stereocenters. The van der Waals surface area contributed by atoms with Crippen LogP contribution >= 0.6 is 16.5 Å². The van der Waals surface area contributed by atoms with Gasteiger partial charge in [-0.25, -0.2) is 29.9 Å². The van der Waals surface area contributed by atoms with E-state index < -0.39 is 34.9 Å². The number of nitrogen functional groups attached to an aromatic ring is 2. The Kier molecular flexibility index (Phi) is 7.57. The van der Waals surface area contributed by atoms with Crippen LogP contribution in [0.5, 0.6) is 0 Å².